The first-order chi connectivity index (χ1) is 17.3. The molecular weight excluding hydrogens is 520 g/mol. The summed E-state index contributed by atoms with van der Waals surface area (Å²) in [5.74, 6) is -0.181. The third kappa shape index (κ3) is 7.00. The Hall–Kier alpha value is -3.06. The predicted octanol–water partition coefficient (Wildman–Crippen LogP) is 0.692. The highest BCUT2D eigenvalue weighted by molar-refractivity contribution is 7.99. The molecule has 1 N–H and O–H groups in total. The molecule has 0 aliphatic heterocycles. The van der Waals surface area contributed by atoms with Gasteiger partial charge in [0.1, 0.15) is 15.9 Å². The van der Waals surface area contributed by atoms with Gasteiger partial charge < -0.3 is 0 Å². The average Bonchev–Trinajstić information content (AvgIpc) is 2.90. The first-order valence-corrected chi connectivity index (χ1v) is 14.1. The lowest BCUT2D eigenvalue weighted by atomic mass is 10.2. The molecule has 0 unspecified atom stereocenters. The van der Waals surface area contributed by atoms with Crippen LogP contribution in [0.2, 0.25) is 0 Å². The molecule has 0 saturated carbocycles. The minimum absolute atomic E-state index is 0.181. The van der Waals surface area contributed by atoms with E-state index in [1.807, 2.05) is 72.8 Å². The van der Waals surface area contributed by atoms with Crippen LogP contribution in [0.3, 0.4) is 0 Å². The van der Waals surface area contributed by atoms with E-state index >= 15 is 0 Å². The summed E-state index contributed by atoms with van der Waals surface area (Å²) in [7, 11) is -7.38. The van der Waals surface area contributed by atoms with Crippen LogP contribution >= 0.6 is 18.9 Å². The van der Waals surface area contributed by atoms with Crippen molar-refractivity contribution >= 4 is 40.7 Å². The van der Waals surface area contributed by atoms with E-state index in [1.54, 1.807) is 12.1 Å². The second kappa shape index (κ2) is 12.8. The molecule has 0 bridgehead atoms. The lowest BCUT2D eigenvalue weighted by Crippen LogP contribution is -2.68. The molecule has 0 saturated heterocycles. The third-order valence-corrected chi connectivity index (χ3v) is 9.72. The summed E-state index contributed by atoms with van der Waals surface area (Å²) in [6.07, 6.45) is 0. The van der Waals surface area contributed by atoms with E-state index in [9.17, 15) is 4.79 Å². The van der Waals surface area contributed by atoms with Gasteiger partial charge in [0.25, 0.3) is 5.91 Å². The number of hydrogen-bond acceptors (Lipinski definition) is 5. The normalized spacial score (nSPS) is 11.8. The Morgan fingerprint density at radius 2 is 0.944 bits per heavy atom. The Morgan fingerprint density at radius 1 is 0.639 bits per heavy atom. The largest absolute Gasteiger partial charge is 0.291 e. The van der Waals surface area contributed by atoms with Gasteiger partial charge in [-0.2, -0.15) is 0 Å². The van der Waals surface area contributed by atoms with Gasteiger partial charge in [-0.25, -0.2) is 18.6 Å². The number of carbonyl (C=O) groups is 1. The Kier molecular flexibility index (Phi) is 9.76. The molecule has 0 spiro atoms. The van der Waals surface area contributed by atoms with Gasteiger partial charge in [0, 0.05) is 5.56 Å². The van der Waals surface area contributed by atoms with E-state index in [0.29, 0.717) is 11.0 Å². The number of amides is 1. The van der Waals surface area contributed by atoms with E-state index < -0.39 is 17.5 Å². The maximum absolute atomic E-state index is 13.2. The van der Waals surface area contributed by atoms with Gasteiger partial charge in [-0.15, -0.1) is 10.2 Å². The van der Waals surface area contributed by atoms with Crippen molar-refractivity contribution < 1.29 is 33.7 Å². The Labute approximate surface area is 217 Å². The minimum atomic E-state index is -4.94. The zero-order valence-electron chi connectivity index (χ0n) is 18.9. The number of carbonyl (C=O) groups excluding carboxylic acids is 1. The number of rotatable bonds is 6. The molecule has 0 fully saturated rings. The summed E-state index contributed by atoms with van der Waals surface area (Å²) in [5, 5.41) is 6.51. The molecule has 0 radical (unpaired) electrons. The topological polar surface area (TPSA) is 121 Å². The fraction of sp³-hybridized carbons (Fsp3) is 0. The lowest BCUT2D eigenvalue weighted by molar-refractivity contribution is -2.00. The van der Waals surface area contributed by atoms with Gasteiger partial charge >= 0.3 is 0 Å². The van der Waals surface area contributed by atoms with E-state index in [1.165, 1.54) is 5.54 Å². The fourth-order valence-electron chi connectivity index (χ4n) is 3.78. The van der Waals surface area contributed by atoms with Gasteiger partial charge in [0.15, 0.2) is 12.7 Å². The molecule has 4 aromatic carbocycles. The minimum Gasteiger partial charge on any atom is -0.291 e. The molecule has 6 nitrogen and oxygen atoms in total. The van der Waals surface area contributed by atoms with Gasteiger partial charge in [0.05, 0.1) is 5.54 Å². The monoisotopic (exact) mass is 541 g/mol. The van der Waals surface area contributed by atoms with Crippen LogP contribution in [0.25, 0.3) is 0 Å². The molecule has 9 heteroatoms. The van der Waals surface area contributed by atoms with Crippen molar-refractivity contribution in [2.75, 3.05) is 0 Å². The molecule has 0 aromatic heterocycles. The Balaban J connectivity index is 0.000000658. The quantitative estimate of drug-likeness (QED) is 0.360. The maximum Gasteiger partial charge on any atom is 0.258 e. The molecule has 0 aliphatic carbocycles. The van der Waals surface area contributed by atoms with Crippen molar-refractivity contribution in [1.82, 2.24) is 5.32 Å². The molecule has 1 amide bonds. The summed E-state index contributed by atoms with van der Waals surface area (Å²) in [4.78, 5) is 13.2. The molecule has 184 valence electrons. The first kappa shape index (κ1) is 27.5. The number of halogens is 2. The highest BCUT2D eigenvalue weighted by atomic mass is 35.7. The number of nitrogens with one attached hydrogen (secondary N) is 1. The SMILES string of the molecule is O=C(N/C(=C\Cl)[P+](c1ccccc1)(c1ccccc1)c1ccccc1)c1ccccc1.[O-][Cl+3]([O-])([O-])[O-]. The second-order valence-corrected chi connectivity index (χ2v) is 11.7. The summed E-state index contributed by atoms with van der Waals surface area (Å²) in [6, 6.07) is 40.1. The highest BCUT2D eigenvalue weighted by Gasteiger charge is 2.50. The van der Waals surface area contributed by atoms with Crippen LogP contribution in [0.5, 0.6) is 0 Å². The van der Waals surface area contributed by atoms with E-state index in [4.69, 9.17) is 30.2 Å². The highest BCUT2D eigenvalue weighted by Crippen LogP contribution is 2.61. The second-order valence-electron chi connectivity index (χ2n) is 7.37. The third-order valence-electron chi connectivity index (χ3n) is 5.17. The Bertz CT molecular complexity index is 1170. The number of benzene rings is 4. The van der Waals surface area contributed by atoms with Crippen LogP contribution in [0, 0.1) is 10.2 Å². The first-order valence-electron chi connectivity index (χ1n) is 10.6. The molecule has 4 aromatic rings. The van der Waals surface area contributed by atoms with Crippen molar-refractivity contribution in [3.05, 3.63) is 138 Å². The maximum atomic E-state index is 13.2. The smallest absolute Gasteiger partial charge is 0.258 e. The van der Waals surface area contributed by atoms with Gasteiger partial charge in [-0.05, 0) is 48.5 Å². The standard InChI is InChI=1S/C27H21ClNOP.ClHO4/c28-21-26(29-27(30)22-13-5-1-6-14-22)31(23-15-7-2-8-16-23,24-17-9-3-10-18-24)25-19-11-4-12-20-25;2-1(3,4)5/h1-21H;(H,2,3,4,5)/b26-21+;. The van der Waals surface area contributed by atoms with E-state index in [0.717, 1.165) is 15.9 Å². The molecule has 0 atom stereocenters. The molecule has 36 heavy (non-hydrogen) atoms. The molecule has 0 aliphatic rings. The van der Waals surface area contributed by atoms with Crippen molar-refractivity contribution in [1.29, 1.82) is 0 Å². The molecule has 0 heterocycles. The van der Waals surface area contributed by atoms with Crippen molar-refractivity contribution in [3.8, 4) is 0 Å². The van der Waals surface area contributed by atoms with Crippen LogP contribution in [-0.4, -0.2) is 5.91 Å². The van der Waals surface area contributed by atoms with Crippen LogP contribution < -0.4 is 39.9 Å². The average molecular weight is 542 g/mol. The van der Waals surface area contributed by atoms with Crippen molar-refractivity contribution in [2.24, 2.45) is 0 Å². The van der Waals surface area contributed by atoms with Crippen LogP contribution in [0.4, 0.5) is 0 Å². The van der Waals surface area contributed by atoms with Crippen molar-refractivity contribution in [2.45, 2.75) is 0 Å². The van der Waals surface area contributed by atoms with Crippen LogP contribution in [0.15, 0.2) is 132 Å². The zero-order valence-corrected chi connectivity index (χ0v) is 21.3. The van der Waals surface area contributed by atoms with Gasteiger partial charge in [-0.3, -0.25) is 10.1 Å². The van der Waals surface area contributed by atoms with Crippen molar-refractivity contribution in [3.63, 3.8) is 0 Å². The van der Waals surface area contributed by atoms with Gasteiger partial charge in [0.2, 0.25) is 0 Å². The number of hydrogen-bond donors (Lipinski definition) is 1. The summed E-state index contributed by atoms with van der Waals surface area (Å²) in [6.45, 7) is 0. The molecule has 4 rings (SSSR count). The zero-order chi connectivity index (χ0) is 26.0. The fourth-order valence-corrected chi connectivity index (χ4v) is 8.28. The molecular formula is C27H22Cl2NO5P. The lowest BCUT2D eigenvalue weighted by Gasteiger charge is -2.29. The van der Waals surface area contributed by atoms with E-state index in [-0.39, 0.29) is 5.91 Å². The Morgan fingerprint density at radius 3 is 1.25 bits per heavy atom. The van der Waals surface area contributed by atoms with Gasteiger partial charge in [-0.1, -0.05) is 84.4 Å². The summed E-state index contributed by atoms with van der Waals surface area (Å²) < 4.78 is 34.0. The predicted molar refractivity (Wildman–Crippen MR) is 133 cm³/mol. The summed E-state index contributed by atoms with van der Waals surface area (Å²) >= 11 is 6.48. The van der Waals surface area contributed by atoms with Crippen LogP contribution in [0.1, 0.15) is 10.4 Å². The van der Waals surface area contributed by atoms with Crippen LogP contribution in [-0.2, 0) is 0 Å². The summed E-state index contributed by atoms with van der Waals surface area (Å²) in [5.41, 5.74) is 2.82. The van der Waals surface area contributed by atoms with E-state index in [2.05, 4.69) is 41.7 Å².